The minimum atomic E-state index is -0.516. The molecule has 0 bridgehead atoms. The molecular weight excluding hydrogens is 364 g/mol. The highest BCUT2D eigenvalue weighted by Gasteiger charge is 2.20. The maximum absolute atomic E-state index is 10.3. The van der Waals surface area contributed by atoms with Gasteiger partial charge in [-0.3, -0.25) is 0 Å². The Labute approximate surface area is 175 Å². The van der Waals surface area contributed by atoms with Gasteiger partial charge in [-0.25, -0.2) is 0 Å². The first-order chi connectivity index (χ1) is 14.0. The van der Waals surface area contributed by atoms with Crippen LogP contribution in [0, 0.1) is 0 Å². The molecule has 2 rings (SSSR count). The quantitative estimate of drug-likeness (QED) is 0.431. The average Bonchev–Trinajstić information content (AvgIpc) is 2.77. The van der Waals surface area contributed by atoms with Gasteiger partial charge >= 0.3 is 0 Å². The number of unbranched alkanes of at least 4 members (excludes halogenated alkanes) is 1. The van der Waals surface area contributed by atoms with E-state index in [0.717, 1.165) is 67.4 Å². The molecule has 0 atom stereocenters. The van der Waals surface area contributed by atoms with Gasteiger partial charge in [0, 0.05) is 0 Å². The fraction of sp³-hybridized carbons (Fsp3) is 0.520. The highest BCUT2D eigenvalue weighted by Crippen LogP contribution is 2.22. The summed E-state index contributed by atoms with van der Waals surface area (Å²) in [7, 11) is 0. The molecule has 0 aliphatic carbocycles. The van der Waals surface area contributed by atoms with E-state index in [2.05, 4.69) is 12.1 Å². The van der Waals surface area contributed by atoms with Crippen molar-refractivity contribution in [3.8, 4) is 5.75 Å². The first kappa shape index (κ1) is 23.4. The molecule has 0 saturated carbocycles. The van der Waals surface area contributed by atoms with Crippen LogP contribution in [-0.4, -0.2) is 27.5 Å². The minimum Gasteiger partial charge on any atom is -0.494 e. The van der Waals surface area contributed by atoms with Crippen LogP contribution in [0.15, 0.2) is 42.5 Å². The van der Waals surface area contributed by atoms with E-state index in [1.54, 1.807) is 0 Å². The topological polar surface area (TPSA) is 69.9 Å². The van der Waals surface area contributed by atoms with E-state index in [1.807, 2.05) is 44.2 Å². The lowest BCUT2D eigenvalue weighted by Gasteiger charge is -2.24. The lowest BCUT2D eigenvalue weighted by atomic mass is 9.91. The standard InChI is InChI=1S/C25H36O4/c1-3-25(28,4-2)15-5-6-16-29-24-13-10-20(11-14-24)7-8-21-9-12-22(18-26)23(17-21)19-27/h9-14,17,26-28H,3-8,15-16,18-19H2,1-2H3. The van der Waals surface area contributed by atoms with Crippen molar-refractivity contribution in [3.63, 3.8) is 0 Å². The van der Waals surface area contributed by atoms with E-state index in [9.17, 15) is 15.3 Å². The Bertz CT molecular complexity index is 720. The monoisotopic (exact) mass is 400 g/mol. The Balaban J connectivity index is 1.75. The van der Waals surface area contributed by atoms with Crippen LogP contribution >= 0.6 is 0 Å². The molecule has 160 valence electrons. The van der Waals surface area contributed by atoms with E-state index in [0.29, 0.717) is 6.61 Å². The maximum Gasteiger partial charge on any atom is 0.119 e. The average molecular weight is 401 g/mol. The molecule has 3 N–H and O–H groups in total. The van der Waals surface area contributed by atoms with E-state index >= 15 is 0 Å². The van der Waals surface area contributed by atoms with Gasteiger partial charge in [0.1, 0.15) is 5.75 Å². The van der Waals surface area contributed by atoms with E-state index in [-0.39, 0.29) is 13.2 Å². The highest BCUT2D eigenvalue weighted by molar-refractivity contribution is 5.33. The van der Waals surface area contributed by atoms with Crippen LogP contribution in [0.1, 0.15) is 68.2 Å². The second kappa shape index (κ2) is 12.0. The Morgan fingerprint density at radius 1 is 0.793 bits per heavy atom. The highest BCUT2D eigenvalue weighted by atomic mass is 16.5. The molecule has 29 heavy (non-hydrogen) atoms. The second-order valence-electron chi connectivity index (χ2n) is 7.80. The third-order valence-electron chi connectivity index (χ3n) is 5.86. The van der Waals surface area contributed by atoms with Crippen molar-refractivity contribution in [1.82, 2.24) is 0 Å². The molecule has 0 aliphatic rings. The number of aliphatic hydroxyl groups is 3. The van der Waals surface area contributed by atoms with E-state index in [1.165, 1.54) is 5.56 Å². The van der Waals surface area contributed by atoms with E-state index < -0.39 is 5.60 Å². The largest absolute Gasteiger partial charge is 0.494 e. The number of aliphatic hydroxyl groups excluding tert-OH is 2. The van der Waals surface area contributed by atoms with Crippen molar-refractivity contribution in [1.29, 1.82) is 0 Å². The summed E-state index contributed by atoms with van der Waals surface area (Å²) in [5.41, 5.74) is 3.46. The second-order valence-corrected chi connectivity index (χ2v) is 7.80. The molecule has 0 aromatic heterocycles. The third-order valence-corrected chi connectivity index (χ3v) is 5.86. The van der Waals surface area contributed by atoms with Crippen LogP contribution in [0.5, 0.6) is 5.75 Å². The summed E-state index contributed by atoms with van der Waals surface area (Å²) in [6.07, 6.45) is 6.16. The van der Waals surface area contributed by atoms with Gasteiger partial charge in [-0.05, 0) is 79.3 Å². The van der Waals surface area contributed by atoms with Crippen LogP contribution in [-0.2, 0) is 26.1 Å². The van der Waals surface area contributed by atoms with Crippen molar-refractivity contribution in [3.05, 3.63) is 64.7 Å². The molecule has 0 spiro atoms. The molecule has 0 radical (unpaired) electrons. The zero-order valence-corrected chi connectivity index (χ0v) is 17.9. The van der Waals surface area contributed by atoms with Gasteiger partial charge in [0.25, 0.3) is 0 Å². The smallest absolute Gasteiger partial charge is 0.119 e. The number of aryl methyl sites for hydroxylation is 2. The maximum atomic E-state index is 10.3. The summed E-state index contributed by atoms with van der Waals surface area (Å²) in [4.78, 5) is 0. The fourth-order valence-electron chi connectivity index (χ4n) is 3.53. The SMILES string of the molecule is CCC(O)(CC)CCCCOc1ccc(CCc2ccc(CO)c(CO)c2)cc1. The van der Waals surface area contributed by atoms with Gasteiger partial charge < -0.3 is 20.1 Å². The summed E-state index contributed by atoms with van der Waals surface area (Å²) in [5.74, 6) is 0.880. The predicted molar refractivity (Wildman–Crippen MR) is 117 cm³/mol. The molecule has 0 saturated heterocycles. The fourth-order valence-corrected chi connectivity index (χ4v) is 3.53. The van der Waals surface area contributed by atoms with Gasteiger partial charge in [0.05, 0.1) is 25.4 Å². The molecule has 2 aromatic rings. The summed E-state index contributed by atoms with van der Waals surface area (Å²) >= 11 is 0. The number of hydrogen-bond donors (Lipinski definition) is 3. The zero-order chi connectivity index (χ0) is 21.1. The van der Waals surface area contributed by atoms with Gasteiger partial charge in [-0.2, -0.15) is 0 Å². The normalized spacial score (nSPS) is 11.6. The van der Waals surface area contributed by atoms with Crippen molar-refractivity contribution >= 4 is 0 Å². The van der Waals surface area contributed by atoms with Crippen LogP contribution in [0.4, 0.5) is 0 Å². The molecule has 4 nitrogen and oxygen atoms in total. The van der Waals surface area contributed by atoms with Gasteiger partial charge in [0.15, 0.2) is 0 Å². The minimum absolute atomic E-state index is 0.0459. The van der Waals surface area contributed by atoms with Crippen molar-refractivity contribution in [2.24, 2.45) is 0 Å². The van der Waals surface area contributed by atoms with Crippen LogP contribution in [0.3, 0.4) is 0 Å². The van der Waals surface area contributed by atoms with Gasteiger partial charge in [0.2, 0.25) is 0 Å². The third kappa shape index (κ3) is 7.46. The number of ether oxygens (including phenoxy) is 1. The molecule has 0 amide bonds. The molecule has 0 aliphatic heterocycles. The Kier molecular flexibility index (Phi) is 9.65. The summed E-state index contributed by atoms with van der Waals surface area (Å²) in [6.45, 7) is 4.65. The Hall–Kier alpha value is -1.88. The Morgan fingerprint density at radius 2 is 1.41 bits per heavy atom. The molecule has 0 unspecified atom stereocenters. The molecule has 0 heterocycles. The van der Waals surface area contributed by atoms with Gasteiger partial charge in [-0.15, -0.1) is 0 Å². The van der Waals surface area contributed by atoms with Gasteiger partial charge in [-0.1, -0.05) is 44.2 Å². The summed E-state index contributed by atoms with van der Waals surface area (Å²) < 4.78 is 5.83. The van der Waals surface area contributed by atoms with Crippen molar-refractivity contribution in [2.45, 2.75) is 77.6 Å². The first-order valence-corrected chi connectivity index (χ1v) is 10.8. The summed E-state index contributed by atoms with van der Waals surface area (Å²) in [6, 6.07) is 14.1. The number of benzene rings is 2. The van der Waals surface area contributed by atoms with Crippen molar-refractivity contribution in [2.75, 3.05) is 6.61 Å². The lowest BCUT2D eigenvalue weighted by Crippen LogP contribution is -2.26. The van der Waals surface area contributed by atoms with E-state index in [4.69, 9.17) is 4.74 Å². The molecule has 0 fully saturated rings. The predicted octanol–water partition coefficient (Wildman–Crippen LogP) is 4.56. The van der Waals surface area contributed by atoms with Crippen LogP contribution in [0.25, 0.3) is 0 Å². The zero-order valence-electron chi connectivity index (χ0n) is 17.9. The lowest BCUT2D eigenvalue weighted by molar-refractivity contribution is 0.0205. The number of rotatable bonds is 13. The molecular formula is C25H36O4. The number of hydrogen-bond acceptors (Lipinski definition) is 4. The van der Waals surface area contributed by atoms with Crippen LogP contribution in [0.2, 0.25) is 0 Å². The van der Waals surface area contributed by atoms with Crippen molar-refractivity contribution < 1.29 is 20.1 Å². The molecule has 4 heteroatoms. The molecule has 2 aromatic carbocycles. The summed E-state index contributed by atoms with van der Waals surface area (Å²) in [5, 5.41) is 29.0. The first-order valence-electron chi connectivity index (χ1n) is 10.8. The Morgan fingerprint density at radius 3 is 2.03 bits per heavy atom. The van der Waals surface area contributed by atoms with Crippen LogP contribution < -0.4 is 4.74 Å².